The van der Waals surface area contributed by atoms with Crippen molar-refractivity contribution in [2.75, 3.05) is 7.11 Å². The van der Waals surface area contributed by atoms with E-state index in [9.17, 15) is 14.7 Å². The number of esters is 1. The van der Waals surface area contributed by atoms with Crippen LogP contribution < -0.4 is 0 Å². The predicted molar refractivity (Wildman–Crippen MR) is 107 cm³/mol. The molecule has 0 aliphatic heterocycles. The van der Waals surface area contributed by atoms with Gasteiger partial charge in [-0.3, -0.25) is 9.59 Å². The first-order valence-electron chi connectivity index (χ1n) is 9.77. The number of Topliss-reactive ketones (excluding diaryl/α,β-unsaturated/α-hetero) is 1. The fourth-order valence-corrected chi connectivity index (χ4v) is 3.72. The predicted octanol–water partition coefficient (Wildman–Crippen LogP) is 4.31. The molecule has 1 aliphatic carbocycles. The van der Waals surface area contributed by atoms with E-state index in [0.29, 0.717) is 12.8 Å². The van der Waals surface area contributed by atoms with Crippen LogP contribution >= 0.6 is 0 Å². The quantitative estimate of drug-likeness (QED) is 0.440. The molecule has 0 heterocycles. The highest BCUT2D eigenvalue weighted by atomic mass is 16.5. The number of ether oxygens (including phenoxy) is 1. The van der Waals surface area contributed by atoms with Crippen LogP contribution in [0.25, 0.3) is 0 Å². The van der Waals surface area contributed by atoms with Gasteiger partial charge in [0, 0.05) is 24.7 Å². The Labute approximate surface area is 162 Å². The van der Waals surface area contributed by atoms with E-state index < -0.39 is 6.10 Å². The average Bonchev–Trinajstić information content (AvgIpc) is 2.90. The molecule has 0 aromatic heterocycles. The molecular weight excluding hydrogens is 340 g/mol. The highest BCUT2D eigenvalue weighted by Gasteiger charge is 2.41. The fourth-order valence-electron chi connectivity index (χ4n) is 3.72. The number of aliphatic hydroxyl groups is 1. The molecule has 1 saturated carbocycles. The maximum atomic E-state index is 12.4. The van der Waals surface area contributed by atoms with Crippen LogP contribution in [-0.2, 0) is 19.7 Å². The Morgan fingerprint density at radius 2 is 1.89 bits per heavy atom. The molecule has 4 heteroatoms. The molecule has 1 aliphatic rings. The van der Waals surface area contributed by atoms with Crippen LogP contribution in [-0.4, -0.2) is 30.1 Å². The maximum absolute atomic E-state index is 12.4. The number of hydrogen-bond acceptors (Lipinski definition) is 4. The lowest BCUT2D eigenvalue weighted by molar-refractivity contribution is -0.140. The number of hydrogen-bond donors (Lipinski definition) is 1. The molecule has 1 fully saturated rings. The molecule has 0 spiro atoms. The summed E-state index contributed by atoms with van der Waals surface area (Å²) < 4.78 is 4.62. The lowest BCUT2D eigenvalue weighted by Crippen LogP contribution is -2.19. The van der Waals surface area contributed by atoms with E-state index in [2.05, 4.69) is 49.8 Å². The van der Waals surface area contributed by atoms with Crippen molar-refractivity contribution in [2.24, 2.45) is 5.92 Å². The highest BCUT2D eigenvalue weighted by molar-refractivity contribution is 5.85. The van der Waals surface area contributed by atoms with Crippen molar-refractivity contribution in [3.63, 3.8) is 0 Å². The van der Waals surface area contributed by atoms with Crippen molar-refractivity contribution in [1.82, 2.24) is 0 Å². The Morgan fingerprint density at radius 3 is 2.48 bits per heavy atom. The van der Waals surface area contributed by atoms with Crippen molar-refractivity contribution in [3.05, 3.63) is 47.5 Å². The number of rotatable bonds is 7. The summed E-state index contributed by atoms with van der Waals surface area (Å²) in [6, 6.07) is 8.31. The van der Waals surface area contributed by atoms with Gasteiger partial charge in [0.25, 0.3) is 0 Å². The zero-order valence-corrected chi connectivity index (χ0v) is 16.9. The minimum atomic E-state index is -0.615. The third kappa shape index (κ3) is 5.77. The first-order valence-corrected chi connectivity index (χ1v) is 9.77. The van der Waals surface area contributed by atoms with Gasteiger partial charge in [-0.15, -0.1) is 0 Å². The number of ketones is 1. The smallest absolute Gasteiger partial charge is 0.305 e. The Balaban J connectivity index is 2.00. The van der Waals surface area contributed by atoms with Gasteiger partial charge in [0.05, 0.1) is 13.2 Å². The second-order valence-electron chi connectivity index (χ2n) is 8.42. The van der Waals surface area contributed by atoms with Gasteiger partial charge in [-0.25, -0.2) is 0 Å². The molecule has 1 aromatic carbocycles. The van der Waals surface area contributed by atoms with E-state index in [1.807, 2.05) is 12.2 Å². The Kier molecular flexibility index (Phi) is 7.37. The van der Waals surface area contributed by atoms with Crippen molar-refractivity contribution in [1.29, 1.82) is 0 Å². The second-order valence-corrected chi connectivity index (χ2v) is 8.42. The third-order valence-corrected chi connectivity index (χ3v) is 5.37. The van der Waals surface area contributed by atoms with Crippen LogP contribution in [0.2, 0.25) is 0 Å². The zero-order chi connectivity index (χ0) is 20.0. The van der Waals surface area contributed by atoms with Crippen LogP contribution in [0.3, 0.4) is 0 Å². The summed E-state index contributed by atoms with van der Waals surface area (Å²) in [5, 5.41) is 10.4. The summed E-state index contributed by atoms with van der Waals surface area (Å²) >= 11 is 0. The van der Waals surface area contributed by atoms with Gasteiger partial charge in [0.2, 0.25) is 0 Å². The molecule has 1 N–H and O–H groups in total. The normalized spacial score (nSPS) is 23.1. The molecular formula is C23H32O4. The van der Waals surface area contributed by atoms with Gasteiger partial charge < -0.3 is 9.84 Å². The van der Waals surface area contributed by atoms with Gasteiger partial charge in [0.15, 0.2) is 0 Å². The van der Waals surface area contributed by atoms with Gasteiger partial charge in [-0.2, -0.15) is 0 Å². The lowest BCUT2D eigenvalue weighted by Gasteiger charge is -2.23. The molecule has 4 nitrogen and oxygen atoms in total. The Hall–Kier alpha value is -1.94. The van der Waals surface area contributed by atoms with Crippen molar-refractivity contribution >= 4 is 11.8 Å². The minimum Gasteiger partial charge on any atom is -0.469 e. The third-order valence-electron chi connectivity index (χ3n) is 5.37. The SMILES string of the molecule is COC(=O)CCC/C=C\C[C@H]1C(=O)C[C@@H](O)[C@@H]1c1ccc(C(C)(C)C)cc1. The van der Waals surface area contributed by atoms with Crippen molar-refractivity contribution in [3.8, 4) is 0 Å². The summed E-state index contributed by atoms with van der Waals surface area (Å²) in [5.74, 6) is -0.397. The van der Waals surface area contributed by atoms with Gasteiger partial charge in [0.1, 0.15) is 5.78 Å². The first-order chi connectivity index (χ1) is 12.7. The number of allylic oxidation sites excluding steroid dienone is 2. The lowest BCUT2D eigenvalue weighted by atomic mass is 9.82. The summed E-state index contributed by atoms with van der Waals surface area (Å²) in [7, 11) is 1.39. The largest absolute Gasteiger partial charge is 0.469 e. The van der Waals surface area contributed by atoms with Gasteiger partial charge in [-0.05, 0) is 35.8 Å². The van der Waals surface area contributed by atoms with E-state index in [-0.39, 0.29) is 35.4 Å². The van der Waals surface area contributed by atoms with E-state index in [0.717, 1.165) is 18.4 Å². The Bertz CT molecular complexity index is 667. The molecule has 0 unspecified atom stereocenters. The molecule has 148 valence electrons. The standard InChI is InChI=1S/C23H32O4/c1-23(2,3)17-13-11-16(12-14-17)22-18(19(24)15-20(22)25)9-7-5-6-8-10-21(26)27-4/h5,7,11-14,18,20,22,25H,6,8-10,15H2,1-4H3/b7-5-/t18-,20+,22+/m0/s1. The van der Waals surface area contributed by atoms with Crippen molar-refractivity contribution < 1.29 is 19.4 Å². The molecule has 27 heavy (non-hydrogen) atoms. The Morgan fingerprint density at radius 1 is 1.22 bits per heavy atom. The topological polar surface area (TPSA) is 63.6 Å². The number of aliphatic hydroxyl groups excluding tert-OH is 1. The minimum absolute atomic E-state index is 0.0784. The molecule has 0 bridgehead atoms. The van der Waals surface area contributed by atoms with Crippen LogP contribution in [0.5, 0.6) is 0 Å². The zero-order valence-electron chi connectivity index (χ0n) is 16.9. The van der Waals surface area contributed by atoms with Crippen LogP contribution in [0.15, 0.2) is 36.4 Å². The average molecular weight is 373 g/mol. The molecule has 0 radical (unpaired) electrons. The summed E-state index contributed by atoms with van der Waals surface area (Å²) in [6.07, 6.45) is 6.19. The molecule has 0 saturated heterocycles. The molecule has 2 rings (SSSR count). The highest BCUT2D eigenvalue weighted by Crippen LogP contribution is 2.40. The summed E-state index contributed by atoms with van der Waals surface area (Å²) in [6.45, 7) is 6.51. The van der Waals surface area contributed by atoms with Crippen LogP contribution in [0.1, 0.15) is 69.9 Å². The summed E-state index contributed by atoms with van der Waals surface area (Å²) in [4.78, 5) is 23.5. The monoisotopic (exact) mass is 372 g/mol. The maximum Gasteiger partial charge on any atom is 0.305 e. The number of benzene rings is 1. The van der Waals surface area contributed by atoms with Crippen LogP contribution in [0.4, 0.5) is 0 Å². The number of unbranched alkanes of at least 4 members (excludes halogenated alkanes) is 1. The number of carbonyl (C=O) groups excluding carboxylic acids is 2. The summed E-state index contributed by atoms with van der Waals surface area (Å²) in [5.41, 5.74) is 2.35. The van der Waals surface area contributed by atoms with Gasteiger partial charge >= 0.3 is 5.97 Å². The second kappa shape index (κ2) is 9.32. The van der Waals surface area contributed by atoms with E-state index in [1.54, 1.807) is 0 Å². The van der Waals surface area contributed by atoms with E-state index in [4.69, 9.17) is 0 Å². The molecule has 0 amide bonds. The fraction of sp³-hybridized carbons (Fsp3) is 0.565. The van der Waals surface area contributed by atoms with E-state index >= 15 is 0 Å². The van der Waals surface area contributed by atoms with Gasteiger partial charge in [-0.1, -0.05) is 57.2 Å². The number of carbonyl (C=O) groups is 2. The number of methoxy groups -OCH3 is 1. The first kappa shape index (κ1) is 21.4. The van der Waals surface area contributed by atoms with Crippen LogP contribution in [0, 0.1) is 5.92 Å². The van der Waals surface area contributed by atoms with E-state index in [1.165, 1.54) is 12.7 Å². The molecule has 1 aromatic rings. The van der Waals surface area contributed by atoms with Crippen molar-refractivity contribution in [2.45, 2.75) is 70.3 Å². The molecule has 3 atom stereocenters.